The molecule has 4 heterocycles. The predicted octanol–water partition coefficient (Wildman–Crippen LogP) is 9.13. The molecule has 4 amide bonds. The maximum Gasteiger partial charge on any atom is 0.298 e. The fourth-order valence-corrected chi connectivity index (χ4v) is 8.82. The van der Waals surface area contributed by atoms with E-state index in [4.69, 9.17) is 19.9 Å². The number of benzene rings is 4. The maximum atomic E-state index is 12.4. The zero-order chi connectivity index (χ0) is 55.2. The molecule has 4 aromatic carbocycles. The summed E-state index contributed by atoms with van der Waals surface area (Å²) in [6.45, 7) is 28.0. The van der Waals surface area contributed by atoms with Crippen LogP contribution in [0.1, 0.15) is 144 Å². The predicted molar refractivity (Wildman–Crippen MR) is 282 cm³/mol. The third-order valence-corrected chi connectivity index (χ3v) is 13.3. The Bertz CT molecular complexity index is 3100. The van der Waals surface area contributed by atoms with Crippen LogP contribution < -0.4 is 25.6 Å². The number of nitrogens with zero attached hydrogens (tertiary/aromatic N) is 4. The van der Waals surface area contributed by atoms with Gasteiger partial charge in [0.2, 0.25) is 17.7 Å². The fourth-order valence-electron chi connectivity index (χ4n) is 8.82. The van der Waals surface area contributed by atoms with E-state index in [9.17, 15) is 33.6 Å². The number of ketones is 2. The molecule has 5 aromatic rings. The molecule has 75 heavy (non-hydrogen) atoms. The second-order valence-corrected chi connectivity index (χ2v) is 20.0. The van der Waals surface area contributed by atoms with Gasteiger partial charge in [0.15, 0.2) is 11.6 Å². The van der Waals surface area contributed by atoms with Crippen molar-refractivity contribution in [1.29, 1.82) is 5.41 Å². The largest absolute Gasteiger partial charge is 0.429 e. The van der Waals surface area contributed by atoms with Crippen molar-refractivity contribution in [3.8, 4) is 17.2 Å². The number of carbonyl (C=O) groups excluding carboxylic acids is 7. The van der Waals surface area contributed by atoms with E-state index in [1.807, 2.05) is 91.5 Å². The van der Waals surface area contributed by atoms with Gasteiger partial charge in [-0.15, -0.1) is 0 Å². The number of anilines is 3. The smallest absolute Gasteiger partial charge is 0.298 e. The Morgan fingerprint density at radius 2 is 1.37 bits per heavy atom. The summed E-state index contributed by atoms with van der Waals surface area (Å²) < 4.78 is 9.90. The molecule has 393 valence electrons. The number of hydrogen-bond acceptors (Lipinski definition) is 14. The van der Waals surface area contributed by atoms with Crippen molar-refractivity contribution in [3.63, 3.8) is 0 Å². The van der Waals surface area contributed by atoms with E-state index >= 15 is 0 Å². The van der Waals surface area contributed by atoms with Crippen LogP contribution in [0.25, 0.3) is 11.5 Å². The standard InChI is InChI=1S/C15H17N3O2.C14H16N2O3.C14H16N2O2.C11H11NO3.C2H5.Y/c1-5-18-12-8-10(13-16-9(2)17-20-13)6-7-11(12)15(3,4)14(18)19;1-8(16-19)6-12(17)9-4-5-10-11(7-9)15-13(18)14(10,2)3;1-8(15)16-13(18)9-4-5-11-10(6-9)7-12(17)14(11,2)3;1-11(2)8-4-3-7(15-6-13)5-9(8)12-10(11)14;1-2;/h6-8H,5H2,1-4H3;4-5,7,19H,6H2,1-3H3,(H,15,18);4-6H,7H2,1-3H3,(H2,15,16,18);3-6H,1-2H3,(H,12,14);1H2,2H3;/q;;;;-1;/b;16-8+;;;;. The molecule has 5 N–H and O–H groups in total. The summed E-state index contributed by atoms with van der Waals surface area (Å²) in [7, 11) is 0. The summed E-state index contributed by atoms with van der Waals surface area (Å²) in [5, 5.41) is 30.6. The van der Waals surface area contributed by atoms with Gasteiger partial charge in [-0.25, -0.2) is 0 Å². The molecule has 4 aliphatic rings. The fraction of sp³-hybridized carbons (Fsp3) is 0.357. The molecule has 1 radical (unpaired) electrons. The minimum absolute atomic E-state index is 0. The number of Topliss-reactive ketones (excluding diaryl/α,β-unsaturated/α-hetero) is 2. The van der Waals surface area contributed by atoms with E-state index in [2.05, 4.69) is 38.2 Å². The Morgan fingerprint density at radius 3 is 1.92 bits per heavy atom. The van der Waals surface area contributed by atoms with E-state index in [1.165, 1.54) is 6.92 Å². The Hall–Kier alpha value is -7.05. The minimum atomic E-state index is -0.570. The van der Waals surface area contributed by atoms with Gasteiger partial charge in [0, 0.05) is 90.9 Å². The van der Waals surface area contributed by atoms with Gasteiger partial charge in [-0.2, -0.15) is 11.9 Å². The van der Waals surface area contributed by atoms with Crippen LogP contribution in [0.4, 0.5) is 17.1 Å². The molecule has 3 aliphatic heterocycles. The van der Waals surface area contributed by atoms with Gasteiger partial charge in [-0.1, -0.05) is 40.6 Å². The summed E-state index contributed by atoms with van der Waals surface area (Å²) in [4.78, 5) is 87.6. The minimum Gasteiger partial charge on any atom is -0.429 e. The van der Waals surface area contributed by atoms with Crippen molar-refractivity contribution in [2.45, 2.75) is 125 Å². The SMILES string of the molecule is C/C(CC(=O)c1ccc2c(c1)NC(=O)C2(C)C)=N\O.CC(=N)NC(=O)c1ccc2c(c1)CC(=O)C2(C)C.CC1(C)C(=O)Nc2cc(OC=O)ccc21.CCN1C(=O)C(C)(C)c2ccc(-c3nc(C)no3)cc21.[CH2-]C.[Y]. The van der Waals surface area contributed by atoms with Crippen LogP contribution in [-0.4, -0.2) is 75.1 Å². The zero-order valence-electron chi connectivity index (χ0n) is 44.8. The molecule has 0 spiro atoms. The number of nitrogens with one attached hydrogen (secondary N) is 4. The summed E-state index contributed by atoms with van der Waals surface area (Å²) in [6, 6.07) is 21.5. The van der Waals surface area contributed by atoms with Crippen molar-refractivity contribution in [1.82, 2.24) is 15.5 Å². The maximum absolute atomic E-state index is 12.4. The number of rotatable bonds is 8. The van der Waals surface area contributed by atoms with Crippen molar-refractivity contribution in [2.24, 2.45) is 5.16 Å². The molecule has 0 atom stereocenters. The second-order valence-electron chi connectivity index (χ2n) is 20.0. The second kappa shape index (κ2) is 24.1. The molecule has 0 fully saturated rings. The van der Waals surface area contributed by atoms with Gasteiger partial charge in [0.25, 0.3) is 18.3 Å². The number of fused-ring (bicyclic) bond motifs is 4. The zero-order valence-corrected chi connectivity index (χ0v) is 47.7. The van der Waals surface area contributed by atoms with Crippen molar-refractivity contribution < 1.29 is 80.7 Å². The van der Waals surface area contributed by atoms with Gasteiger partial charge in [0.1, 0.15) is 11.5 Å². The van der Waals surface area contributed by atoms with Gasteiger partial charge < -0.3 is 42.2 Å². The normalized spacial score (nSPS) is 16.1. The molecular weight excluding hydrogens is 1030 g/mol. The van der Waals surface area contributed by atoms with Crippen LogP contribution in [0.15, 0.2) is 82.5 Å². The molecule has 0 unspecified atom stereocenters. The number of likely N-dealkylation sites (N-methyl/N-ethyl adjacent to an activating group) is 1. The first-order valence-corrected chi connectivity index (χ1v) is 23.9. The molecule has 0 bridgehead atoms. The number of amidine groups is 1. The molecular formula is C56H65N8O10Y-. The summed E-state index contributed by atoms with van der Waals surface area (Å²) in [5.41, 5.74) is 7.27. The number of aryl methyl sites for hydroxylation is 1. The third kappa shape index (κ3) is 12.7. The first-order valence-electron chi connectivity index (χ1n) is 23.9. The van der Waals surface area contributed by atoms with Gasteiger partial charge in [-0.05, 0) is 147 Å². The Balaban J connectivity index is 0.000000214. The van der Waals surface area contributed by atoms with E-state index in [0.29, 0.717) is 65.1 Å². The molecule has 0 saturated heterocycles. The molecule has 18 nitrogen and oxygen atoms in total. The number of ether oxygens (including phenoxy) is 1. The van der Waals surface area contributed by atoms with Crippen LogP contribution in [0.3, 0.4) is 0 Å². The van der Waals surface area contributed by atoms with Crippen LogP contribution in [0.2, 0.25) is 0 Å². The van der Waals surface area contributed by atoms with Crippen molar-refractivity contribution >= 4 is 70.3 Å². The molecule has 1 aromatic heterocycles. The van der Waals surface area contributed by atoms with Crippen molar-refractivity contribution in [2.75, 3.05) is 22.1 Å². The summed E-state index contributed by atoms with van der Waals surface area (Å²) >= 11 is 0. The summed E-state index contributed by atoms with van der Waals surface area (Å²) in [5.74, 6) is 1.38. The number of amides is 4. The van der Waals surface area contributed by atoms with E-state index in [0.717, 1.165) is 39.1 Å². The van der Waals surface area contributed by atoms with Crippen LogP contribution in [-0.2, 0) is 84.8 Å². The monoisotopic (exact) mass is 1100 g/mol. The average Bonchev–Trinajstić information content (AvgIpc) is 4.07. The van der Waals surface area contributed by atoms with E-state index < -0.39 is 21.7 Å². The van der Waals surface area contributed by atoms with Crippen LogP contribution >= 0.6 is 0 Å². The quantitative estimate of drug-likeness (QED) is 0.0185. The Labute approximate surface area is 462 Å². The van der Waals surface area contributed by atoms with E-state index in [-0.39, 0.29) is 80.2 Å². The average molecular weight is 1100 g/mol. The number of oxime groups is 1. The van der Waals surface area contributed by atoms with E-state index in [1.54, 1.807) is 69.3 Å². The molecule has 19 heteroatoms. The number of carbonyl (C=O) groups is 7. The molecule has 1 aliphatic carbocycles. The molecule has 9 rings (SSSR count). The number of hydrogen-bond donors (Lipinski definition) is 5. The van der Waals surface area contributed by atoms with Crippen LogP contribution in [0, 0.1) is 19.3 Å². The molecule has 0 saturated carbocycles. The summed E-state index contributed by atoms with van der Waals surface area (Å²) in [6.07, 6.45) is 0.444. The van der Waals surface area contributed by atoms with Crippen molar-refractivity contribution in [3.05, 3.63) is 124 Å². The van der Waals surface area contributed by atoms with Gasteiger partial charge in [-0.3, -0.25) is 39.0 Å². The third-order valence-electron chi connectivity index (χ3n) is 13.3. The number of aromatic nitrogens is 2. The van der Waals surface area contributed by atoms with Gasteiger partial charge in [0.05, 0.1) is 34.2 Å². The first kappa shape index (κ1) is 60.5. The topological polar surface area (TPSA) is 263 Å². The Morgan fingerprint density at radius 1 is 0.813 bits per heavy atom. The first-order chi connectivity index (χ1) is 34.7. The Kier molecular flexibility index (Phi) is 19.4. The van der Waals surface area contributed by atoms with Crippen LogP contribution in [0.5, 0.6) is 5.75 Å². The van der Waals surface area contributed by atoms with Gasteiger partial charge >= 0.3 is 0 Å².